The van der Waals surface area contributed by atoms with Crippen LogP contribution >= 0.6 is 11.3 Å². The van der Waals surface area contributed by atoms with Crippen molar-refractivity contribution in [2.24, 2.45) is 11.8 Å². The third-order valence-corrected chi connectivity index (χ3v) is 4.63. The molecular weight excluding hydrogens is 244 g/mol. The average molecular weight is 260 g/mol. The van der Waals surface area contributed by atoms with Crippen LogP contribution in [-0.4, -0.2) is 23.9 Å². The molecule has 94 valence electrons. The van der Waals surface area contributed by atoms with Crippen LogP contribution < -0.4 is 5.32 Å². The van der Waals surface area contributed by atoms with Gasteiger partial charge in [-0.15, -0.1) is 11.3 Å². The fourth-order valence-electron chi connectivity index (χ4n) is 2.52. The van der Waals surface area contributed by atoms with Crippen molar-refractivity contribution in [2.75, 3.05) is 13.1 Å². The van der Waals surface area contributed by atoms with Crippen molar-refractivity contribution in [3.8, 4) is 0 Å². The third kappa shape index (κ3) is 2.18. The molecule has 4 heteroatoms. The van der Waals surface area contributed by atoms with Crippen molar-refractivity contribution < 1.29 is 4.79 Å². The summed E-state index contributed by atoms with van der Waals surface area (Å²) in [5.41, 5.74) is 1.00. The molecule has 1 N–H and O–H groups in total. The number of fused-ring (bicyclic) bond motifs is 1. The van der Waals surface area contributed by atoms with Gasteiger partial charge in [0.25, 0.3) is 0 Å². The Morgan fingerprint density at radius 3 is 3.00 bits per heavy atom. The summed E-state index contributed by atoms with van der Waals surface area (Å²) in [7, 11) is 0. The van der Waals surface area contributed by atoms with Gasteiger partial charge < -0.3 is 5.32 Å². The highest BCUT2D eigenvalue weighted by atomic mass is 32.1. The Hall–Kier alpha value is -1.26. The summed E-state index contributed by atoms with van der Waals surface area (Å²) in [5, 5.41) is 4.22. The number of carbonyl (C=O) groups excluding carboxylic acids is 1. The summed E-state index contributed by atoms with van der Waals surface area (Å²) >= 11 is 1.63. The molecule has 1 aliphatic heterocycles. The predicted molar refractivity (Wildman–Crippen MR) is 73.9 cm³/mol. The van der Waals surface area contributed by atoms with Crippen LogP contribution in [-0.2, 0) is 11.2 Å². The quantitative estimate of drug-likeness (QED) is 0.920. The molecule has 2 aromatic rings. The van der Waals surface area contributed by atoms with E-state index in [2.05, 4.69) is 23.3 Å². The topological polar surface area (TPSA) is 42.0 Å². The Kier molecular flexibility index (Phi) is 3.14. The highest BCUT2D eigenvalue weighted by Gasteiger charge is 2.29. The number of hydrogen-bond donors (Lipinski definition) is 1. The van der Waals surface area contributed by atoms with Crippen molar-refractivity contribution in [2.45, 2.75) is 13.3 Å². The summed E-state index contributed by atoms with van der Waals surface area (Å²) < 4.78 is 1.16. The maximum absolute atomic E-state index is 12.2. The predicted octanol–water partition coefficient (Wildman–Crippen LogP) is 2.26. The minimum Gasteiger partial charge on any atom is -0.316 e. The fourth-order valence-corrected chi connectivity index (χ4v) is 3.49. The molecule has 0 spiro atoms. The molecular formula is C14H16N2OS. The standard InChI is InChI=1S/C14H16N2OS/c1-9-7-15-8-10(9)12(17)6-14-16-11-4-2-3-5-13(11)18-14/h2-5,9-10,15H,6-8H2,1H3. The van der Waals surface area contributed by atoms with Gasteiger partial charge in [-0.1, -0.05) is 19.1 Å². The van der Waals surface area contributed by atoms with Crippen LogP contribution in [0.4, 0.5) is 0 Å². The van der Waals surface area contributed by atoms with Crippen LogP contribution in [0.5, 0.6) is 0 Å². The van der Waals surface area contributed by atoms with E-state index in [1.165, 1.54) is 0 Å². The minimum atomic E-state index is 0.164. The molecule has 1 aromatic heterocycles. The van der Waals surface area contributed by atoms with E-state index in [4.69, 9.17) is 0 Å². The lowest BCUT2D eigenvalue weighted by Gasteiger charge is -2.11. The zero-order valence-corrected chi connectivity index (χ0v) is 11.2. The normalized spacial score (nSPS) is 23.6. The van der Waals surface area contributed by atoms with Crippen LogP contribution in [0.3, 0.4) is 0 Å². The maximum atomic E-state index is 12.2. The molecule has 0 radical (unpaired) electrons. The van der Waals surface area contributed by atoms with E-state index < -0.39 is 0 Å². The van der Waals surface area contributed by atoms with E-state index in [-0.39, 0.29) is 5.92 Å². The molecule has 0 amide bonds. The highest BCUT2D eigenvalue weighted by molar-refractivity contribution is 7.18. The number of nitrogens with zero attached hydrogens (tertiary/aromatic N) is 1. The van der Waals surface area contributed by atoms with Crippen LogP contribution in [0.1, 0.15) is 11.9 Å². The van der Waals surface area contributed by atoms with Crippen LogP contribution in [0.2, 0.25) is 0 Å². The number of thiazole rings is 1. The summed E-state index contributed by atoms with van der Waals surface area (Å²) in [6.07, 6.45) is 0.482. The first kappa shape index (κ1) is 11.8. The highest BCUT2D eigenvalue weighted by Crippen LogP contribution is 2.24. The lowest BCUT2D eigenvalue weighted by atomic mass is 9.92. The third-order valence-electron chi connectivity index (χ3n) is 3.59. The van der Waals surface area contributed by atoms with Gasteiger partial charge in [-0.2, -0.15) is 0 Å². The average Bonchev–Trinajstić information content (AvgIpc) is 2.94. The van der Waals surface area contributed by atoms with Crippen molar-refractivity contribution in [1.82, 2.24) is 10.3 Å². The summed E-state index contributed by atoms with van der Waals surface area (Å²) in [4.78, 5) is 16.8. The van der Waals surface area contributed by atoms with E-state index in [0.717, 1.165) is 28.3 Å². The Morgan fingerprint density at radius 2 is 2.28 bits per heavy atom. The SMILES string of the molecule is CC1CNCC1C(=O)Cc1nc2ccccc2s1. The van der Waals surface area contributed by atoms with E-state index in [1.807, 2.05) is 18.2 Å². The van der Waals surface area contributed by atoms with Crippen LogP contribution in [0, 0.1) is 11.8 Å². The van der Waals surface area contributed by atoms with Gasteiger partial charge in [0.15, 0.2) is 0 Å². The first-order valence-corrected chi connectivity index (χ1v) is 7.13. The molecule has 1 fully saturated rings. The van der Waals surface area contributed by atoms with E-state index in [9.17, 15) is 4.79 Å². The Morgan fingerprint density at radius 1 is 1.44 bits per heavy atom. The number of carbonyl (C=O) groups is 1. The largest absolute Gasteiger partial charge is 0.316 e. The zero-order valence-electron chi connectivity index (χ0n) is 10.3. The first-order valence-electron chi connectivity index (χ1n) is 6.32. The molecule has 18 heavy (non-hydrogen) atoms. The maximum Gasteiger partial charge on any atom is 0.144 e. The molecule has 3 rings (SSSR count). The first-order chi connectivity index (χ1) is 8.74. The van der Waals surface area contributed by atoms with Gasteiger partial charge in [-0.25, -0.2) is 4.98 Å². The number of rotatable bonds is 3. The molecule has 1 saturated heterocycles. The second-order valence-electron chi connectivity index (χ2n) is 4.96. The van der Waals surface area contributed by atoms with Crippen molar-refractivity contribution in [1.29, 1.82) is 0 Å². The van der Waals surface area contributed by atoms with E-state index in [0.29, 0.717) is 18.1 Å². The Labute approximate surface area is 110 Å². The van der Waals surface area contributed by atoms with Gasteiger partial charge in [0.2, 0.25) is 0 Å². The van der Waals surface area contributed by atoms with Gasteiger partial charge >= 0.3 is 0 Å². The molecule has 1 aliphatic rings. The number of Topliss-reactive ketones (excluding diaryl/α,β-unsaturated/α-hetero) is 1. The fraction of sp³-hybridized carbons (Fsp3) is 0.429. The molecule has 3 nitrogen and oxygen atoms in total. The van der Waals surface area contributed by atoms with Crippen molar-refractivity contribution in [3.05, 3.63) is 29.3 Å². The summed E-state index contributed by atoms with van der Waals surface area (Å²) in [6.45, 7) is 3.92. The monoisotopic (exact) mass is 260 g/mol. The number of para-hydroxylation sites is 1. The molecule has 0 bridgehead atoms. The van der Waals surface area contributed by atoms with Crippen LogP contribution in [0.25, 0.3) is 10.2 Å². The molecule has 2 unspecified atom stereocenters. The molecule has 2 atom stereocenters. The molecule has 0 aliphatic carbocycles. The second kappa shape index (κ2) is 4.78. The smallest absolute Gasteiger partial charge is 0.144 e. The molecule has 2 heterocycles. The second-order valence-corrected chi connectivity index (χ2v) is 6.08. The summed E-state index contributed by atoms with van der Waals surface area (Å²) in [5.74, 6) is 0.940. The number of nitrogens with one attached hydrogen (secondary N) is 1. The van der Waals surface area contributed by atoms with Gasteiger partial charge in [0.05, 0.1) is 16.6 Å². The van der Waals surface area contributed by atoms with Gasteiger partial charge in [-0.3, -0.25) is 4.79 Å². The Bertz CT molecular complexity index is 545. The van der Waals surface area contributed by atoms with Gasteiger partial charge in [0, 0.05) is 12.5 Å². The molecule has 0 saturated carbocycles. The summed E-state index contributed by atoms with van der Waals surface area (Å²) in [6, 6.07) is 8.05. The van der Waals surface area contributed by atoms with Crippen molar-refractivity contribution in [3.63, 3.8) is 0 Å². The van der Waals surface area contributed by atoms with E-state index in [1.54, 1.807) is 11.3 Å². The lowest BCUT2D eigenvalue weighted by molar-refractivity contribution is -0.122. The Balaban J connectivity index is 1.77. The number of hydrogen-bond acceptors (Lipinski definition) is 4. The van der Waals surface area contributed by atoms with Crippen LogP contribution in [0.15, 0.2) is 24.3 Å². The number of ketones is 1. The number of benzene rings is 1. The van der Waals surface area contributed by atoms with E-state index >= 15 is 0 Å². The molecule has 1 aromatic carbocycles. The zero-order chi connectivity index (χ0) is 12.5. The minimum absolute atomic E-state index is 0.164. The van der Waals surface area contributed by atoms with Crippen molar-refractivity contribution >= 4 is 27.3 Å². The lowest BCUT2D eigenvalue weighted by Crippen LogP contribution is -2.22. The number of aromatic nitrogens is 1. The van der Waals surface area contributed by atoms with Gasteiger partial charge in [-0.05, 0) is 24.6 Å². The van der Waals surface area contributed by atoms with Gasteiger partial charge in [0.1, 0.15) is 10.8 Å².